The number of rotatable bonds is 11. The topological polar surface area (TPSA) is 142 Å². The summed E-state index contributed by atoms with van der Waals surface area (Å²) in [6.07, 6.45) is 0. The highest BCUT2D eigenvalue weighted by Crippen LogP contribution is 2.37. The lowest BCUT2D eigenvalue weighted by Crippen LogP contribution is -2.15. The van der Waals surface area contributed by atoms with Crippen LogP contribution in [0.2, 0.25) is 0 Å². The number of hydrogen-bond donors (Lipinski definition) is 1. The number of aromatic carboxylic acids is 1. The monoisotopic (exact) mass is 598 g/mol. The quantitative estimate of drug-likeness (QED) is 0.231. The van der Waals surface area contributed by atoms with Crippen LogP contribution < -0.4 is 17.8 Å². The number of benzene rings is 4. The van der Waals surface area contributed by atoms with Crippen molar-refractivity contribution in [2.75, 3.05) is 7.11 Å². The number of carbonyl (C=O) groups is 1. The van der Waals surface area contributed by atoms with Gasteiger partial charge in [0.25, 0.3) is 0 Å². The van der Waals surface area contributed by atoms with Crippen molar-refractivity contribution in [1.82, 2.24) is 0 Å². The van der Waals surface area contributed by atoms with E-state index in [0.717, 1.165) is 23.3 Å². The second-order valence-corrected chi connectivity index (χ2v) is 12.0. The lowest BCUT2D eigenvalue weighted by molar-refractivity contribution is 0.0689. The van der Waals surface area contributed by atoms with E-state index in [0.29, 0.717) is 11.3 Å². The normalized spacial score (nSPS) is 11.5. The van der Waals surface area contributed by atoms with E-state index in [9.17, 15) is 26.7 Å². The number of carboxylic acid groups (broad SMARTS) is 1. The van der Waals surface area contributed by atoms with Gasteiger partial charge in [-0.2, -0.15) is 16.8 Å². The van der Waals surface area contributed by atoms with Crippen molar-refractivity contribution in [1.29, 1.82) is 0 Å². The number of aryl methyl sites for hydroxylation is 2. The van der Waals surface area contributed by atoms with Crippen molar-refractivity contribution in [3.63, 3.8) is 0 Å². The maximum atomic E-state index is 13.1. The zero-order valence-electron chi connectivity index (χ0n) is 22.2. The first kappa shape index (κ1) is 29.4. The van der Waals surface area contributed by atoms with E-state index in [1.165, 1.54) is 31.4 Å². The van der Waals surface area contributed by atoms with Crippen LogP contribution in [-0.2, 0) is 26.8 Å². The molecular weight excluding hydrogens is 572 g/mol. The molecule has 0 heterocycles. The van der Waals surface area contributed by atoms with Gasteiger partial charge in [0.15, 0.2) is 5.75 Å². The van der Waals surface area contributed by atoms with Crippen molar-refractivity contribution < 1.29 is 44.6 Å². The minimum absolute atomic E-state index is 0.150. The van der Waals surface area contributed by atoms with E-state index in [-0.39, 0.29) is 22.1 Å². The van der Waals surface area contributed by atoms with Crippen molar-refractivity contribution in [3.05, 3.63) is 107 Å². The van der Waals surface area contributed by atoms with Gasteiger partial charge in [0, 0.05) is 12.1 Å². The molecule has 4 rings (SSSR count). The Labute approximate surface area is 238 Å². The maximum Gasteiger partial charge on any atom is 0.343 e. The third-order valence-electron chi connectivity index (χ3n) is 5.83. The molecule has 4 aromatic rings. The van der Waals surface area contributed by atoms with Gasteiger partial charge in [-0.25, -0.2) is 4.79 Å². The van der Waals surface area contributed by atoms with Crippen molar-refractivity contribution in [3.8, 4) is 23.0 Å². The molecule has 0 aliphatic carbocycles. The van der Waals surface area contributed by atoms with Crippen LogP contribution in [0, 0.1) is 13.8 Å². The SMILES string of the molecule is COc1ccc(COc2cc(OS(=O)(=O)c3ccc(C)cc3)cc(OS(=O)(=O)c3ccc(C)cc3)c2C(=O)O)cc1. The first-order valence-corrected chi connectivity index (χ1v) is 14.9. The molecule has 0 saturated carbocycles. The third-order valence-corrected chi connectivity index (χ3v) is 8.34. The fraction of sp³-hybridized carbons (Fsp3) is 0.138. The summed E-state index contributed by atoms with van der Waals surface area (Å²) in [5.74, 6) is -2.47. The van der Waals surface area contributed by atoms with Crippen LogP contribution in [0.4, 0.5) is 0 Å². The van der Waals surface area contributed by atoms with Gasteiger partial charge in [-0.1, -0.05) is 47.5 Å². The molecule has 10 nitrogen and oxygen atoms in total. The van der Waals surface area contributed by atoms with Gasteiger partial charge in [-0.05, 0) is 55.8 Å². The van der Waals surface area contributed by atoms with Gasteiger partial charge in [-0.15, -0.1) is 0 Å². The second kappa shape index (κ2) is 11.9. The smallest absolute Gasteiger partial charge is 0.343 e. The molecule has 12 heteroatoms. The van der Waals surface area contributed by atoms with Crippen LogP contribution in [0.5, 0.6) is 23.0 Å². The van der Waals surface area contributed by atoms with Crippen LogP contribution in [-0.4, -0.2) is 35.0 Å². The largest absolute Gasteiger partial charge is 0.497 e. The molecule has 41 heavy (non-hydrogen) atoms. The van der Waals surface area contributed by atoms with Crippen LogP contribution in [0.3, 0.4) is 0 Å². The molecule has 1 N–H and O–H groups in total. The van der Waals surface area contributed by atoms with E-state index in [1.54, 1.807) is 62.4 Å². The molecule has 0 aliphatic heterocycles. The van der Waals surface area contributed by atoms with Gasteiger partial charge in [0.05, 0.1) is 7.11 Å². The average molecular weight is 599 g/mol. The molecule has 0 fully saturated rings. The minimum atomic E-state index is -4.53. The summed E-state index contributed by atoms with van der Waals surface area (Å²) in [6.45, 7) is 3.40. The van der Waals surface area contributed by atoms with Gasteiger partial charge in [-0.3, -0.25) is 0 Å². The molecule has 0 bridgehead atoms. The zero-order valence-corrected chi connectivity index (χ0v) is 23.9. The summed E-state index contributed by atoms with van der Waals surface area (Å²) in [4.78, 5) is 11.9. The van der Waals surface area contributed by atoms with Crippen LogP contribution >= 0.6 is 0 Å². The predicted octanol–water partition coefficient (Wildman–Crippen LogP) is 5.12. The molecule has 0 atom stereocenters. The summed E-state index contributed by atoms with van der Waals surface area (Å²) >= 11 is 0. The van der Waals surface area contributed by atoms with Crippen LogP contribution in [0.15, 0.2) is 94.7 Å². The highest BCUT2D eigenvalue weighted by Gasteiger charge is 2.28. The standard InChI is InChI=1S/C29H26O10S2/c1-19-4-12-24(13-5-19)40(32,33)38-23-16-26(37-18-21-8-10-22(36-3)11-9-21)28(29(30)31)27(17-23)39-41(34,35)25-14-6-20(2)7-15-25/h4-17H,18H2,1-3H3,(H,30,31). The fourth-order valence-electron chi connectivity index (χ4n) is 3.64. The van der Waals surface area contributed by atoms with Crippen molar-refractivity contribution >= 4 is 26.2 Å². The molecule has 0 saturated heterocycles. The second-order valence-electron chi connectivity index (χ2n) is 8.94. The van der Waals surface area contributed by atoms with Crippen LogP contribution in [0.1, 0.15) is 27.0 Å². The lowest BCUT2D eigenvalue weighted by Gasteiger charge is -2.16. The van der Waals surface area contributed by atoms with Crippen molar-refractivity contribution in [2.24, 2.45) is 0 Å². The number of ether oxygens (including phenoxy) is 2. The molecule has 0 aromatic heterocycles. The molecule has 0 unspecified atom stereocenters. The summed E-state index contributed by atoms with van der Waals surface area (Å²) in [7, 11) is -7.42. The first-order valence-electron chi connectivity index (χ1n) is 12.1. The Balaban J connectivity index is 1.78. The third kappa shape index (κ3) is 7.16. The van der Waals surface area contributed by atoms with Gasteiger partial charge in [0.2, 0.25) is 0 Å². The zero-order chi connectivity index (χ0) is 29.8. The van der Waals surface area contributed by atoms with Crippen LogP contribution in [0.25, 0.3) is 0 Å². The average Bonchev–Trinajstić information content (AvgIpc) is 2.92. The fourth-order valence-corrected chi connectivity index (χ4v) is 5.49. The molecule has 4 aromatic carbocycles. The van der Waals surface area contributed by atoms with E-state index in [1.807, 2.05) is 0 Å². The highest BCUT2D eigenvalue weighted by atomic mass is 32.2. The van der Waals surface area contributed by atoms with E-state index < -0.39 is 43.3 Å². The lowest BCUT2D eigenvalue weighted by atomic mass is 10.1. The minimum Gasteiger partial charge on any atom is -0.497 e. The number of carboxylic acids is 1. The number of hydrogen-bond acceptors (Lipinski definition) is 9. The summed E-state index contributed by atoms with van der Waals surface area (Å²) < 4.78 is 73.5. The van der Waals surface area contributed by atoms with Gasteiger partial charge in [0.1, 0.15) is 39.2 Å². The number of methoxy groups -OCH3 is 1. The predicted molar refractivity (Wildman–Crippen MR) is 149 cm³/mol. The molecule has 0 spiro atoms. The van der Waals surface area contributed by atoms with E-state index in [4.69, 9.17) is 17.8 Å². The molecule has 0 amide bonds. The Kier molecular flexibility index (Phi) is 8.55. The van der Waals surface area contributed by atoms with E-state index in [2.05, 4.69) is 0 Å². The van der Waals surface area contributed by atoms with Gasteiger partial charge < -0.3 is 22.9 Å². The Morgan fingerprint density at radius 3 is 1.66 bits per heavy atom. The first-order chi connectivity index (χ1) is 19.4. The Morgan fingerprint density at radius 2 is 1.17 bits per heavy atom. The Bertz CT molecular complexity index is 1760. The molecule has 214 valence electrons. The summed E-state index contributed by atoms with van der Waals surface area (Å²) in [5, 5.41) is 10.0. The Morgan fingerprint density at radius 1 is 0.683 bits per heavy atom. The van der Waals surface area contributed by atoms with E-state index >= 15 is 0 Å². The van der Waals surface area contributed by atoms with Gasteiger partial charge >= 0.3 is 26.2 Å². The maximum absolute atomic E-state index is 13.1. The van der Waals surface area contributed by atoms with Crippen molar-refractivity contribution in [2.45, 2.75) is 30.2 Å². The Hall–Kier alpha value is -4.55. The molecule has 0 aliphatic rings. The molecular formula is C29H26O10S2. The highest BCUT2D eigenvalue weighted by molar-refractivity contribution is 7.87. The summed E-state index contributed by atoms with van der Waals surface area (Å²) in [5.41, 5.74) is 1.59. The molecule has 0 radical (unpaired) electrons. The summed E-state index contributed by atoms with van der Waals surface area (Å²) in [6, 6.07) is 20.2.